The summed E-state index contributed by atoms with van der Waals surface area (Å²) in [5, 5.41) is 3.47. The molecule has 8 heteroatoms. The summed E-state index contributed by atoms with van der Waals surface area (Å²) in [6.45, 7) is 9.54. The van der Waals surface area contributed by atoms with Crippen LogP contribution in [0.1, 0.15) is 26.7 Å². The Bertz CT molecular complexity index is 554. The third kappa shape index (κ3) is 5.31. The minimum atomic E-state index is -3.03. The number of sulfone groups is 1. The number of ether oxygens (including phenoxy) is 1. The number of nitrogens with one attached hydrogen (secondary N) is 1. The van der Waals surface area contributed by atoms with Gasteiger partial charge in [0.1, 0.15) is 0 Å². The lowest BCUT2D eigenvalue weighted by Gasteiger charge is -2.39. The molecule has 2 rings (SSSR count). The molecule has 0 aromatic rings. The normalized spacial score (nSPS) is 25.1. The monoisotopic (exact) mass is 374 g/mol. The highest BCUT2D eigenvalue weighted by atomic mass is 32.2. The fourth-order valence-electron chi connectivity index (χ4n) is 3.53. The fraction of sp³-hybridized carbons (Fsp3) is 0.941. The van der Waals surface area contributed by atoms with Crippen LogP contribution in [0.3, 0.4) is 0 Å². The second-order valence-electron chi connectivity index (χ2n) is 7.71. The van der Waals surface area contributed by atoms with Crippen LogP contribution in [0, 0.1) is 5.92 Å². The first-order chi connectivity index (χ1) is 11.8. The number of hydrogen-bond acceptors (Lipinski definition) is 5. The van der Waals surface area contributed by atoms with Crippen LogP contribution >= 0.6 is 0 Å². The average molecular weight is 375 g/mol. The van der Waals surface area contributed by atoms with Crippen LogP contribution < -0.4 is 5.32 Å². The lowest BCUT2D eigenvalue weighted by molar-refractivity contribution is 0.120. The van der Waals surface area contributed by atoms with Crippen LogP contribution in [-0.2, 0) is 14.6 Å². The highest BCUT2D eigenvalue weighted by Crippen LogP contribution is 2.24. The Hall–Kier alpha value is -0.860. The van der Waals surface area contributed by atoms with E-state index in [1.807, 2.05) is 0 Å². The number of likely N-dealkylation sites (tertiary alicyclic amines) is 1. The van der Waals surface area contributed by atoms with Gasteiger partial charge in [-0.25, -0.2) is 8.42 Å². The first kappa shape index (κ1) is 20.5. The largest absolute Gasteiger partial charge is 0.383 e. The highest BCUT2D eigenvalue weighted by Gasteiger charge is 2.41. The van der Waals surface area contributed by atoms with Gasteiger partial charge in [-0.2, -0.15) is 0 Å². The van der Waals surface area contributed by atoms with Crippen molar-refractivity contribution in [1.82, 2.24) is 15.1 Å². The van der Waals surface area contributed by atoms with Crippen molar-refractivity contribution >= 4 is 15.8 Å². The quantitative estimate of drug-likeness (QED) is 0.556. The van der Waals surface area contributed by atoms with E-state index in [9.17, 15) is 8.42 Å². The van der Waals surface area contributed by atoms with Gasteiger partial charge >= 0.3 is 0 Å². The predicted molar refractivity (Wildman–Crippen MR) is 102 cm³/mol. The van der Waals surface area contributed by atoms with Crippen molar-refractivity contribution in [1.29, 1.82) is 0 Å². The molecule has 7 nitrogen and oxygen atoms in total. The molecule has 2 heterocycles. The zero-order valence-corrected chi connectivity index (χ0v) is 16.9. The van der Waals surface area contributed by atoms with E-state index in [1.54, 1.807) is 28.0 Å². The molecule has 0 radical (unpaired) electrons. The molecule has 146 valence electrons. The van der Waals surface area contributed by atoms with Gasteiger partial charge in [0, 0.05) is 40.3 Å². The zero-order chi connectivity index (χ0) is 18.5. The Morgan fingerprint density at radius 1 is 1.28 bits per heavy atom. The smallest absolute Gasteiger partial charge is 0.193 e. The second-order valence-corrected chi connectivity index (χ2v) is 10.4. The minimum Gasteiger partial charge on any atom is -0.383 e. The maximum atomic E-state index is 12.2. The lowest BCUT2D eigenvalue weighted by Crippen LogP contribution is -2.57. The summed E-state index contributed by atoms with van der Waals surface area (Å²) in [5.74, 6) is 1.65. The van der Waals surface area contributed by atoms with Crippen LogP contribution in [0.5, 0.6) is 0 Å². The zero-order valence-electron chi connectivity index (χ0n) is 16.1. The van der Waals surface area contributed by atoms with E-state index in [4.69, 9.17) is 4.74 Å². The molecule has 2 fully saturated rings. The van der Waals surface area contributed by atoms with E-state index in [1.165, 1.54) is 12.8 Å². The first-order valence-electron chi connectivity index (χ1n) is 9.18. The van der Waals surface area contributed by atoms with Gasteiger partial charge in [0.2, 0.25) is 0 Å². The molecule has 0 aromatic carbocycles. The van der Waals surface area contributed by atoms with Crippen LogP contribution in [-0.4, -0.2) is 94.7 Å². The van der Waals surface area contributed by atoms with Gasteiger partial charge in [0.05, 0.1) is 17.1 Å². The van der Waals surface area contributed by atoms with Gasteiger partial charge in [-0.1, -0.05) is 0 Å². The summed E-state index contributed by atoms with van der Waals surface area (Å²) in [6, 6.07) is 0. The van der Waals surface area contributed by atoms with Crippen LogP contribution in [0.4, 0.5) is 0 Å². The Morgan fingerprint density at radius 3 is 2.52 bits per heavy atom. The Balaban J connectivity index is 1.80. The van der Waals surface area contributed by atoms with Crippen molar-refractivity contribution in [3.05, 3.63) is 0 Å². The molecule has 2 saturated heterocycles. The number of rotatable bonds is 5. The molecule has 0 atom stereocenters. The molecule has 0 amide bonds. The SMILES string of the molecule is CN=C(NCC1CCN(CCOC)CC1)N1CCS(=O)(=O)C(C)(C)C1. The molecule has 25 heavy (non-hydrogen) atoms. The van der Waals surface area contributed by atoms with E-state index in [2.05, 4.69) is 20.1 Å². The maximum Gasteiger partial charge on any atom is 0.193 e. The fourth-order valence-corrected chi connectivity index (χ4v) is 4.89. The van der Waals surface area contributed by atoms with E-state index in [0.717, 1.165) is 38.7 Å². The van der Waals surface area contributed by atoms with Gasteiger partial charge in [0.15, 0.2) is 15.8 Å². The minimum absolute atomic E-state index is 0.193. The number of hydrogen-bond donors (Lipinski definition) is 1. The average Bonchev–Trinajstić information content (AvgIpc) is 2.57. The third-order valence-electron chi connectivity index (χ3n) is 5.42. The summed E-state index contributed by atoms with van der Waals surface area (Å²) in [7, 11) is 0.490. The number of methoxy groups -OCH3 is 1. The Labute approximate surface area is 152 Å². The molecule has 0 spiro atoms. The molecule has 2 aliphatic heterocycles. The van der Waals surface area contributed by atoms with E-state index < -0.39 is 14.6 Å². The van der Waals surface area contributed by atoms with Gasteiger partial charge in [-0.15, -0.1) is 0 Å². The molecular formula is C17H34N4O3S. The van der Waals surface area contributed by atoms with Gasteiger partial charge in [-0.3, -0.25) is 4.99 Å². The van der Waals surface area contributed by atoms with E-state index in [0.29, 0.717) is 19.0 Å². The molecule has 0 aliphatic carbocycles. The van der Waals surface area contributed by atoms with Gasteiger partial charge < -0.3 is 19.9 Å². The van der Waals surface area contributed by atoms with Gasteiger partial charge in [-0.05, 0) is 45.7 Å². The Morgan fingerprint density at radius 2 is 1.96 bits per heavy atom. The summed E-state index contributed by atoms with van der Waals surface area (Å²) in [6.07, 6.45) is 2.35. The number of nitrogens with zero attached hydrogens (tertiary/aromatic N) is 3. The molecule has 0 saturated carbocycles. The summed E-state index contributed by atoms with van der Waals surface area (Å²) < 4.78 is 28.8. The highest BCUT2D eigenvalue weighted by molar-refractivity contribution is 7.92. The van der Waals surface area contributed by atoms with Crippen molar-refractivity contribution in [2.75, 3.05) is 65.8 Å². The van der Waals surface area contributed by atoms with Crippen molar-refractivity contribution in [3.63, 3.8) is 0 Å². The van der Waals surface area contributed by atoms with Crippen molar-refractivity contribution in [3.8, 4) is 0 Å². The van der Waals surface area contributed by atoms with Crippen LogP contribution in [0.15, 0.2) is 4.99 Å². The summed E-state index contributed by atoms with van der Waals surface area (Å²) >= 11 is 0. The second kappa shape index (κ2) is 8.68. The first-order valence-corrected chi connectivity index (χ1v) is 10.8. The molecule has 0 bridgehead atoms. The Kier molecular flexibility index (Phi) is 7.10. The number of guanidine groups is 1. The van der Waals surface area contributed by atoms with Crippen LogP contribution in [0.2, 0.25) is 0 Å². The molecule has 0 aromatic heterocycles. The standard InChI is InChI=1S/C17H34N4O3S/c1-17(2)14-21(10-12-25(17,22)23)16(18-3)19-13-15-5-7-20(8-6-15)9-11-24-4/h15H,5-14H2,1-4H3,(H,18,19). The third-order valence-corrected chi connectivity index (χ3v) is 7.96. The van der Waals surface area contributed by atoms with Gasteiger partial charge in [0.25, 0.3) is 0 Å². The van der Waals surface area contributed by atoms with Crippen molar-refractivity contribution < 1.29 is 13.2 Å². The molecule has 2 aliphatic rings. The van der Waals surface area contributed by atoms with Crippen molar-refractivity contribution in [2.24, 2.45) is 10.9 Å². The number of aliphatic imine (C=N–C) groups is 1. The van der Waals surface area contributed by atoms with Crippen molar-refractivity contribution in [2.45, 2.75) is 31.4 Å². The summed E-state index contributed by atoms with van der Waals surface area (Å²) in [4.78, 5) is 8.90. The molecule has 0 unspecified atom stereocenters. The van der Waals surface area contributed by atoms with E-state index in [-0.39, 0.29) is 5.75 Å². The number of piperidine rings is 1. The van der Waals surface area contributed by atoms with E-state index >= 15 is 0 Å². The topological polar surface area (TPSA) is 74.2 Å². The molecular weight excluding hydrogens is 340 g/mol. The summed E-state index contributed by atoms with van der Waals surface area (Å²) in [5.41, 5.74) is 0. The molecule has 1 N–H and O–H groups in total. The predicted octanol–water partition coefficient (Wildman–Crippen LogP) is 0.429. The van der Waals surface area contributed by atoms with Crippen LogP contribution in [0.25, 0.3) is 0 Å². The maximum absolute atomic E-state index is 12.2. The lowest BCUT2D eigenvalue weighted by atomic mass is 9.97.